The maximum absolute atomic E-state index is 13.7. The zero-order chi connectivity index (χ0) is 16.6. The fourth-order valence-corrected chi connectivity index (χ4v) is 4.10. The first-order valence-electron chi connectivity index (χ1n) is 7.55. The van der Waals surface area contributed by atoms with E-state index in [2.05, 4.69) is 25.9 Å². The van der Waals surface area contributed by atoms with Crippen molar-refractivity contribution < 1.29 is 4.39 Å². The molecule has 1 aliphatic rings. The van der Waals surface area contributed by atoms with Gasteiger partial charge in [0.25, 0.3) is 0 Å². The molecular weight excluding hydrogens is 408 g/mol. The number of hydrogen-bond donors (Lipinski definition) is 0. The number of aromatic nitrogens is 3. The van der Waals surface area contributed by atoms with E-state index >= 15 is 0 Å². The Balaban J connectivity index is 2.12. The van der Waals surface area contributed by atoms with Gasteiger partial charge >= 0.3 is 5.69 Å². The smallest absolute Gasteiger partial charge is 0.273 e. The highest BCUT2D eigenvalue weighted by Gasteiger charge is 2.22. The van der Waals surface area contributed by atoms with Gasteiger partial charge < -0.3 is 0 Å². The largest absolute Gasteiger partial charge is 0.350 e. The van der Waals surface area contributed by atoms with Crippen LogP contribution in [-0.2, 0) is 0 Å². The molecule has 124 valence electrons. The zero-order valence-electron chi connectivity index (χ0n) is 12.2. The summed E-state index contributed by atoms with van der Waals surface area (Å²) in [5.74, 6) is -0.673. The molecule has 0 radical (unpaired) electrons. The van der Waals surface area contributed by atoms with E-state index in [0.717, 1.165) is 38.5 Å². The summed E-state index contributed by atoms with van der Waals surface area (Å²) in [4.78, 5) is 20.8. The molecule has 0 N–H and O–H groups in total. The zero-order valence-corrected chi connectivity index (χ0v) is 15.3. The van der Waals surface area contributed by atoms with Crippen molar-refractivity contribution in [2.45, 2.75) is 49.4 Å². The Hall–Kier alpha value is -0.720. The Morgan fingerprint density at radius 2 is 1.78 bits per heavy atom. The maximum Gasteiger partial charge on any atom is 0.350 e. The fourth-order valence-electron chi connectivity index (χ4n) is 3.11. The number of halogens is 4. The molecule has 0 unspecified atom stereocenters. The highest BCUT2D eigenvalue weighted by molar-refractivity contribution is 9.09. The van der Waals surface area contributed by atoms with Gasteiger partial charge in [0.1, 0.15) is 10.8 Å². The third-order valence-electron chi connectivity index (χ3n) is 4.24. The molecule has 2 aromatic rings. The van der Waals surface area contributed by atoms with Gasteiger partial charge in [-0.05, 0) is 31.7 Å². The van der Waals surface area contributed by atoms with Crippen molar-refractivity contribution in [3.8, 4) is 0 Å². The van der Waals surface area contributed by atoms with Gasteiger partial charge in [-0.3, -0.25) is 4.57 Å². The lowest BCUT2D eigenvalue weighted by Crippen LogP contribution is -2.29. The third-order valence-corrected chi connectivity index (χ3v) is 5.71. The minimum absolute atomic E-state index is 0.0243. The Kier molecular flexibility index (Phi) is 5.23. The van der Waals surface area contributed by atoms with Crippen LogP contribution < -0.4 is 5.69 Å². The number of rotatable bonds is 1. The van der Waals surface area contributed by atoms with Crippen LogP contribution in [0.5, 0.6) is 0 Å². The number of nitrogens with zero attached hydrogens (tertiary/aromatic N) is 3. The van der Waals surface area contributed by atoms with Gasteiger partial charge in [-0.15, -0.1) is 0 Å². The van der Waals surface area contributed by atoms with E-state index < -0.39 is 11.5 Å². The van der Waals surface area contributed by atoms with Gasteiger partial charge in [0.15, 0.2) is 11.0 Å². The lowest BCUT2D eigenvalue weighted by Gasteiger charge is -2.24. The average Bonchev–Trinajstić information content (AvgIpc) is 2.46. The first-order valence-corrected chi connectivity index (χ1v) is 9.22. The van der Waals surface area contributed by atoms with Crippen molar-refractivity contribution in [2.24, 2.45) is 0 Å². The summed E-state index contributed by atoms with van der Waals surface area (Å²) in [5.41, 5.74) is -0.152. The molecule has 1 aliphatic carbocycles. The molecular formula is C15H15BrCl2FN3O. The third kappa shape index (κ3) is 3.54. The van der Waals surface area contributed by atoms with Crippen LogP contribution in [0.15, 0.2) is 10.9 Å². The second-order valence-corrected chi connectivity index (χ2v) is 7.81. The summed E-state index contributed by atoms with van der Waals surface area (Å²) in [6.45, 7) is 0. The maximum atomic E-state index is 13.7. The molecule has 2 heterocycles. The molecule has 0 saturated heterocycles. The fraction of sp³-hybridized carbons (Fsp3) is 0.533. The monoisotopic (exact) mass is 421 g/mol. The first-order chi connectivity index (χ1) is 11.0. The minimum atomic E-state index is -0.673. The van der Waals surface area contributed by atoms with Crippen LogP contribution in [0.25, 0.3) is 11.0 Å². The van der Waals surface area contributed by atoms with E-state index in [4.69, 9.17) is 23.2 Å². The summed E-state index contributed by atoms with van der Waals surface area (Å²) in [7, 11) is 0. The number of alkyl halides is 1. The molecule has 0 atom stereocenters. The predicted octanol–water partition coefficient (Wildman–Crippen LogP) is 4.90. The van der Waals surface area contributed by atoms with E-state index in [9.17, 15) is 9.18 Å². The van der Waals surface area contributed by atoms with Gasteiger partial charge in [0.05, 0.1) is 5.39 Å². The highest BCUT2D eigenvalue weighted by Crippen LogP contribution is 2.31. The van der Waals surface area contributed by atoms with Gasteiger partial charge in [-0.2, -0.15) is 4.98 Å². The second-order valence-electron chi connectivity index (χ2n) is 5.80. The Morgan fingerprint density at radius 3 is 2.43 bits per heavy atom. The summed E-state index contributed by atoms with van der Waals surface area (Å²) in [5, 5.41) is 0.00330. The minimum Gasteiger partial charge on any atom is -0.273 e. The van der Waals surface area contributed by atoms with Crippen LogP contribution in [0.1, 0.15) is 44.6 Å². The van der Waals surface area contributed by atoms with E-state index in [1.807, 2.05) is 0 Å². The van der Waals surface area contributed by atoms with Crippen molar-refractivity contribution in [3.63, 3.8) is 0 Å². The summed E-state index contributed by atoms with van der Waals surface area (Å²) in [6.07, 6.45) is 5.80. The number of hydrogen-bond acceptors (Lipinski definition) is 3. The van der Waals surface area contributed by atoms with Crippen LogP contribution in [0.4, 0.5) is 4.39 Å². The molecule has 23 heavy (non-hydrogen) atoms. The van der Waals surface area contributed by atoms with E-state index in [0.29, 0.717) is 15.9 Å². The molecule has 0 spiro atoms. The quantitative estimate of drug-likeness (QED) is 0.373. The molecule has 1 saturated carbocycles. The van der Waals surface area contributed by atoms with Crippen molar-refractivity contribution in [2.75, 3.05) is 0 Å². The van der Waals surface area contributed by atoms with Crippen molar-refractivity contribution in [3.05, 3.63) is 32.7 Å². The number of pyridine rings is 1. The topological polar surface area (TPSA) is 47.8 Å². The summed E-state index contributed by atoms with van der Waals surface area (Å²) in [6, 6.07) is 1.16. The molecule has 8 heteroatoms. The number of fused-ring (bicyclic) bond motifs is 1. The second kappa shape index (κ2) is 7.03. The van der Waals surface area contributed by atoms with E-state index in [1.54, 1.807) is 0 Å². The van der Waals surface area contributed by atoms with Crippen LogP contribution in [0, 0.1) is 5.82 Å². The van der Waals surface area contributed by atoms with E-state index in [-0.39, 0.29) is 16.3 Å². The standard InChI is InChI=1S/C15H15BrCl2FN3O/c16-8-3-1-5-9(6-2-4-8)22-14-10(12(17)21-15(22)23)7-11(19)13(18)20-14/h7-9H,1-6H2. The van der Waals surface area contributed by atoms with Gasteiger partial charge in [0.2, 0.25) is 0 Å². The molecule has 0 bridgehead atoms. The van der Waals surface area contributed by atoms with Crippen LogP contribution in [0.2, 0.25) is 10.3 Å². The average molecular weight is 423 g/mol. The van der Waals surface area contributed by atoms with Crippen molar-refractivity contribution in [1.82, 2.24) is 14.5 Å². The van der Waals surface area contributed by atoms with Crippen LogP contribution in [-0.4, -0.2) is 19.4 Å². The van der Waals surface area contributed by atoms with Crippen LogP contribution in [0.3, 0.4) is 0 Å². The normalized spacial score (nSPS) is 22.8. The molecule has 3 rings (SSSR count). The molecule has 0 amide bonds. The first kappa shape index (κ1) is 17.1. The van der Waals surface area contributed by atoms with E-state index in [1.165, 1.54) is 10.6 Å². The summed E-state index contributed by atoms with van der Waals surface area (Å²) >= 11 is 15.5. The van der Waals surface area contributed by atoms with Gasteiger partial charge in [-0.1, -0.05) is 52.0 Å². The van der Waals surface area contributed by atoms with Gasteiger partial charge in [0, 0.05) is 10.9 Å². The van der Waals surface area contributed by atoms with Gasteiger partial charge in [-0.25, -0.2) is 14.2 Å². The van der Waals surface area contributed by atoms with Crippen LogP contribution >= 0.6 is 39.1 Å². The molecule has 4 nitrogen and oxygen atoms in total. The molecule has 1 fully saturated rings. The Morgan fingerprint density at radius 1 is 1.13 bits per heavy atom. The van der Waals surface area contributed by atoms with Crippen molar-refractivity contribution >= 4 is 50.2 Å². The lowest BCUT2D eigenvalue weighted by atomic mass is 9.96. The Bertz CT molecular complexity index is 788. The predicted molar refractivity (Wildman–Crippen MR) is 93.2 cm³/mol. The summed E-state index contributed by atoms with van der Waals surface area (Å²) < 4.78 is 15.2. The SMILES string of the molecule is O=c1nc(Cl)c2cc(F)c(Cl)nc2n1C1CCCC(Br)CCC1. The molecule has 0 aromatic carbocycles. The molecule has 0 aliphatic heterocycles. The Labute approximate surface area is 151 Å². The lowest BCUT2D eigenvalue weighted by molar-refractivity contribution is 0.373. The van der Waals surface area contributed by atoms with Crippen molar-refractivity contribution in [1.29, 1.82) is 0 Å². The molecule has 2 aromatic heterocycles. The highest BCUT2D eigenvalue weighted by atomic mass is 79.9.